The van der Waals surface area contributed by atoms with Crippen molar-refractivity contribution >= 4 is 34.3 Å². The van der Waals surface area contributed by atoms with Gasteiger partial charge in [-0.15, -0.1) is 24.1 Å². The number of fused-ring (bicyclic) bond motifs is 1. The average molecular weight is 474 g/mol. The zero-order chi connectivity index (χ0) is 24.0. The van der Waals surface area contributed by atoms with E-state index in [0.29, 0.717) is 17.5 Å². The van der Waals surface area contributed by atoms with E-state index in [9.17, 15) is 20.1 Å². The van der Waals surface area contributed by atoms with Gasteiger partial charge in [0.15, 0.2) is 0 Å². The smallest absolute Gasteiger partial charge is 0.252 e. The number of carbonyl (C=O) groups is 1. The Labute approximate surface area is 198 Å². The van der Waals surface area contributed by atoms with Gasteiger partial charge in [-0.3, -0.25) is 9.78 Å². The number of thioether (sulfide) groups is 1. The second-order valence-electron chi connectivity index (χ2n) is 8.09. The van der Waals surface area contributed by atoms with Gasteiger partial charge in [-0.1, -0.05) is 0 Å². The molecule has 1 aromatic heterocycles. The Bertz CT molecular complexity index is 1000. The first kappa shape index (κ1) is 25.2. The standard InChI is InChI=1S/C23H31N5O4S/c1-4-5-17-13-24-19-7-6-16(22(32)25-23(33-14-29)21(31)15(2)30)12-18(19)20(17)26-28-10-8-27(3)9-11-28/h1,6-7,12-13,15,21,23,29-31H,5,8-11,14H2,2-3H3,(H,24,26)(H,25,32). The first-order valence-electron chi connectivity index (χ1n) is 10.8. The van der Waals surface area contributed by atoms with Gasteiger partial charge in [-0.25, -0.2) is 5.01 Å². The molecule has 3 rings (SSSR count). The fourth-order valence-electron chi connectivity index (χ4n) is 3.60. The summed E-state index contributed by atoms with van der Waals surface area (Å²) in [6.07, 6.45) is 5.43. The number of likely N-dealkylation sites (N-methyl/N-ethyl adjacent to an activating group) is 1. The Morgan fingerprint density at radius 1 is 1.30 bits per heavy atom. The van der Waals surface area contributed by atoms with Crippen LogP contribution in [-0.4, -0.2) is 92.9 Å². The Balaban J connectivity index is 1.92. The van der Waals surface area contributed by atoms with Gasteiger partial charge < -0.3 is 31.0 Å². The van der Waals surface area contributed by atoms with Gasteiger partial charge in [-0.05, 0) is 32.2 Å². The summed E-state index contributed by atoms with van der Waals surface area (Å²) >= 11 is 0.931. The molecule has 10 heteroatoms. The number of aliphatic hydroxyl groups excluding tert-OH is 3. The highest BCUT2D eigenvalue weighted by Crippen LogP contribution is 2.28. The van der Waals surface area contributed by atoms with E-state index in [1.807, 2.05) is 0 Å². The van der Waals surface area contributed by atoms with E-state index in [0.717, 1.165) is 54.6 Å². The average Bonchev–Trinajstić information content (AvgIpc) is 2.80. The minimum atomic E-state index is -1.23. The molecule has 1 aliphatic rings. The van der Waals surface area contributed by atoms with Crippen LogP contribution in [0.15, 0.2) is 24.4 Å². The molecule has 3 atom stereocenters. The van der Waals surface area contributed by atoms with Crippen molar-refractivity contribution in [3.8, 4) is 12.3 Å². The highest BCUT2D eigenvalue weighted by Gasteiger charge is 2.26. The lowest BCUT2D eigenvalue weighted by Crippen LogP contribution is -2.47. The summed E-state index contributed by atoms with van der Waals surface area (Å²) < 4.78 is 0. The van der Waals surface area contributed by atoms with Gasteiger partial charge >= 0.3 is 0 Å². The number of pyridine rings is 1. The van der Waals surface area contributed by atoms with Crippen LogP contribution < -0.4 is 10.7 Å². The zero-order valence-electron chi connectivity index (χ0n) is 18.9. The van der Waals surface area contributed by atoms with E-state index < -0.39 is 23.5 Å². The van der Waals surface area contributed by atoms with E-state index in [-0.39, 0.29) is 5.94 Å². The number of nitrogens with one attached hydrogen (secondary N) is 2. The monoisotopic (exact) mass is 473 g/mol. The SMILES string of the molecule is C#CCc1cnc2ccc(C(=O)NC(SCO)C(O)C(C)O)cc2c1NN1CCN(C)CC1. The normalized spacial score (nSPS) is 17.8. The number of nitrogens with zero attached hydrogens (tertiary/aromatic N) is 3. The predicted molar refractivity (Wildman–Crippen MR) is 131 cm³/mol. The molecule has 0 aliphatic carbocycles. The van der Waals surface area contributed by atoms with Gasteiger partial charge in [0.05, 0.1) is 23.2 Å². The van der Waals surface area contributed by atoms with E-state index in [2.05, 4.69) is 38.6 Å². The van der Waals surface area contributed by atoms with Crippen LogP contribution in [0, 0.1) is 12.3 Å². The number of aromatic nitrogens is 1. The van der Waals surface area contributed by atoms with Crippen LogP contribution in [0.4, 0.5) is 5.69 Å². The molecular weight excluding hydrogens is 442 g/mol. The number of rotatable bonds is 9. The molecule has 1 saturated heterocycles. The number of terminal acetylenes is 1. The lowest BCUT2D eigenvalue weighted by Gasteiger charge is -2.33. The Hall–Kier alpha value is -2.39. The molecule has 2 aromatic rings. The molecule has 0 saturated carbocycles. The quantitative estimate of drug-likeness (QED) is 0.261. The fraction of sp³-hybridized carbons (Fsp3) is 0.478. The van der Waals surface area contributed by atoms with Gasteiger partial charge in [-0.2, -0.15) is 0 Å². The van der Waals surface area contributed by atoms with E-state index in [4.69, 9.17) is 6.42 Å². The number of hydrazine groups is 1. The largest absolute Gasteiger partial charge is 0.391 e. The molecule has 3 unspecified atom stereocenters. The number of benzene rings is 1. The van der Waals surface area contributed by atoms with Crippen molar-refractivity contribution in [2.24, 2.45) is 0 Å². The van der Waals surface area contributed by atoms with E-state index in [1.165, 1.54) is 6.92 Å². The van der Waals surface area contributed by atoms with Crippen LogP contribution in [0.25, 0.3) is 10.9 Å². The van der Waals surface area contributed by atoms with Crippen molar-refractivity contribution in [2.75, 3.05) is 44.6 Å². The molecular formula is C23H31N5O4S. The maximum absolute atomic E-state index is 13.0. The summed E-state index contributed by atoms with van der Waals surface area (Å²) in [5.74, 6) is 1.92. The fourth-order valence-corrected chi connectivity index (χ4v) is 4.37. The number of hydrogen-bond donors (Lipinski definition) is 5. The van der Waals surface area contributed by atoms with Gasteiger partial charge in [0.25, 0.3) is 5.91 Å². The number of hydrogen-bond acceptors (Lipinski definition) is 9. The molecule has 5 N–H and O–H groups in total. The molecule has 33 heavy (non-hydrogen) atoms. The van der Waals surface area contributed by atoms with Crippen molar-refractivity contribution in [3.05, 3.63) is 35.5 Å². The number of aliphatic hydroxyl groups is 3. The van der Waals surface area contributed by atoms with Crippen LogP contribution in [0.1, 0.15) is 22.8 Å². The van der Waals surface area contributed by atoms with E-state index in [1.54, 1.807) is 24.4 Å². The summed E-state index contributed by atoms with van der Waals surface area (Å²) in [4.78, 5) is 19.7. The van der Waals surface area contributed by atoms with Gasteiger partial charge in [0, 0.05) is 55.3 Å². The summed E-state index contributed by atoms with van der Waals surface area (Å²) in [7, 11) is 2.09. The van der Waals surface area contributed by atoms with Crippen LogP contribution in [-0.2, 0) is 6.42 Å². The molecule has 1 amide bonds. The Kier molecular flexibility index (Phi) is 8.91. The highest BCUT2D eigenvalue weighted by atomic mass is 32.2. The second-order valence-corrected chi connectivity index (χ2v) is 9.19. The molecule has 0 radical (unpaired) electrons. The number of anilines is 1. The first-order chi connectivity index (χ1) is 15.8. The van der Waals surface area contributed by atoms with Crippen LogP contribution >= 0.6 is 11.8 Å². The van der Waals surface area contributed by atoms with Crippen molar-refractivity contribution in [1.82, 2.24) is 20.2 Å². The van der Waals surface area contributed by atoms with Gasteiger partial charge in [0.2, 0.25) is 0 Å². The molecule has 2 heterocycles. The van der Waals surface area contributed by atoms with Crippen LogP contribution in [0.3, 0.4) is 0 Å². The third kappa shape index (κ3) is 6.35. The second kappa shape index (κ2) is 11.7. The molecule has 0 spiro atoms. The summed E-state index contributed by atoms with van der Waals surface area (Å²) in [5, 5.41) is 33.9. The number of amides is 1. The maximum Gasteiger partial charge on any atom is 0.252 e. The lowest BCUT2D eigenvalue weighted by atomic mass is 10.0. The minimum absolute atomic E-state index is 0.315. The summed E-state index contributed by atoms with van der Waals surface area (Å²) in [6.45, 7) is 4.97. The summed E-state index contributed by atoms with van der Waals surface area (Å²) in [5.41, 5.74) is 6.25. The van der Waals surface area contributed by atoms with Crippen LogP contribution in [0.2, 0.25) is 0 Å². The minimum Gasteiger partial charge on any atom is -0.391 e. The van der Waals surface area contributed by atoms with Crippen molar-refractivity contribution in [1.29, 1.82) is 0 Å². The summed E-state index contributed by atoms with van der Waals surface area (Å²) in [6, 6.07) is 5.16. The molecule has 1 aromatic carbocycles. The molecule has 1 fully saturated rings. The van der Waals surface area contributed by atoms with Crippen LogP contribution in [0.5, 0.6) is 0 Å². The third-order valence-electron chi connectivity index (χ3n) is 5.61. The molecule has 1 aliphatic heterocycles. The lowest BCUT2D eigenvalue weighted by molar-refractivity contribution is 0.0244. The predicted octanol–water partition coefficient (Wildman–Crippen LogP) is 0.465. The van der Waals surface area contributed by atoms with Crippen molar-refractivity contribution in [3.63, 3.8) is 0 Å². The Morgan fingerprint density at radius 3 is 2.67 bits per heavy atom. The topological polar surface area (TPSA) is 121 Å². The van der Waals surface area contributed by atoms with Gasteiger partial charge in [0.1, 0.15) is 11.5 Å². The molecule has 9 nitrogen and oxygen atoms in total. The van der Waals surface area contributed by atoms with Crippen molar-refractivity contribution in [2.45, 2.75) is 30.9 Å². The Morgan fingerprint density at radius 2 is 2.03 bits per heavy atom. The first-order valence-corrected chi connectivity index (χ1v) is 11.8. The zero-order valence-corrected chi connectivity index (χ0v) is 19.7. The molecule has 0 bridgehead atoms. The van der Waals surface area contributed by atoms with Crippen molar-refractivity contribution < 1.29 is 20.1 Å². The molecule has 178 valence electrons. The highest BCUT2D eigenvalue weighted by molar-refractivity contribution is 7.99. The number of carbonyl (C=O) groups excluding carboxylic acids is 1. The number of piperazine rings is 1. The van der Waals surface area contributed by atoms with E-state index >= 15 is 0 Å². The third-order valence-corrected chi connectivity index (χ3v) is 6.51. The maximum atomic E-state index is 13.0.